The fraction of sp³-hybridized carbons (Fsp3) is 0.176. The molecule has 0 aromatic carbocycles. The van der Waals surface area contributed by atoms with Gasteiger partial charge in [-0.25, -0.2) is 4.98 Å². The number of nitrogens with one attached hydrogen (secondary N) is 2. The minimum Gasteiger partial charge on any atom is -0.356 e. The van der Waals surface area contributed by atoms with Crippen LogP contribution < -0.4 is 10.6 Å². The molecule has 3 aromatic heterocycles. The molecule has 128 valence electrons. The maximum Gasteiger partial charge on any atom is 0.253 e. The number of amides is 2. The number of rotatable bonds is 5. The Morgan fingerprint density at radius 3 is 2.76 bits per heavy atom. The molecule has 0 atom stereocenters. The Hall–Kier alpha value is -3.00. The van der Waals surface area contributed by atoms with Crippen LogP contribution in [0.4, 0.5) is 5.13 Å². The van der Waals surface area contributed by atoms with Gasteiger partial charge in [-0.05, 0) is 25.1 Å². The Bertz CT molecular complexity index is 915. The largest absolute Gasteiger partial charge is 0.356 e. The molecule has 8 heteroatoms. The first-order valence-corrected chi connectivity index (χ1v) is 8.49. The van der Waals surface area contributed by atoms with Gasteiger partial charge in [0.25, 0.3) is 5.91 Å². The summed E-state index contributed by atoms with van der Waals surface area (Å²) in [7, 11) is 1.83. The van der Waals surface area contributed by atoms with E-state index in [2.05, 4.69) is 20.6 Å². The lowest BCUT2D eigenvalue weighted by Crippen LogP contribution is -2.32. The van der Waals surface area contributed by atoms with E-state index in [0.29, 0.717) is 16.4 Å². The number of carbonyl (C=O) groups excluding carboxylic acids is 2. The monoisotopic (exact) mass is 355 g/mol. The molecular formula is C17H17N5O2S. The van der Waals surface area contributed by atoms with Crippen LogP contribution >= 0.6 is 11.3 Å². The summed E-state index contributed by atoms with van der Waals surface area (Å²) in [5, 5.41) is 7.56. The van der Waals surface area contributed by atoms with Gasteiger partial charge in [0, 0.05) is 30.5 Å². The molecule has 0 radical (unpaired) electrons. The molecule has 2 amide bonds. The van der Waals surface area contributed by atoms with Crippen molar-refractivity contribution in [3.63, 3.8) is 0 Å². The Kier molecular flexibility index (Phi) is 4.90. The molecule has 3 rings (SSSR count). The average molecular weight is 355 g/mol. The molecule has 7 nitrogen and oxygen atoms in total. The minimum absolute atomic E-state index is 0.120. The van der Waals surface area contributed by atoms with E-state index < -0.39 is 0 Å². The molecule has 0 aliphatic rings. The molecule has 0 unspecified atom stereocenters. The van der Waals surface area contributed by atoms with Gasteiger partial charge in [-0.2, -0.15) is 0 Å². The average Bonchev–Trinajstić information content (AvgIpc) is 3.22. The molecular weight excluding hydrogens is 338 g/mol. The molecule has 0 saturated carbocycles. The normalized spacial score (nSPS) is 10.5. The zero-order chi connectivity index (χ0) is 17.8. The van der Waals surface area contributed by atoms with Crippen molar-refractivity contribution in [2.75, 3.05) is 11.9 Å². The second-order valence-corrected chi connectivity index (χ2v) is 6.36. The summed E-state index contributed by atoms with van der Waals surface area (Å²) in [4.78, 5) is 32.6. The van der Waals surface area contributed by atoms with Gasteiger partial charge in [0.1, 0.15) is 5.69 Å². The number of nitrogens with zero attached hydrogens (tertiary/aromatic N) is 3. The highest BCUT2D eigenvalue weighted by Crippen LogP contribution is 2.23. The molecule has 0 bridgehead atoms. The standard InChI is InChI=1S/C17H17N5O2S/c1-11-4-3-5-13(19-11)14-10-25-17(20-14)21-15(23)8-18-16(24)12-6-7-22(2)9-12/h3-7,9-10H,8H2,1-2H3,(H,18,24)(H,20,21,23). The van der Waals surface area contributed by atoms with Crippen LogP contribution in [-0.2, 0) is 11.8 Å². The number of aryl methyl sites for hydroxylation is 2. The predicted octanol–water partition coefficient (Wildman–Crippen LogP) is 2.22. The van der Waals surface area contributed by atoms with E-state index in [0.717, 1.165) is 11.4 Å². The van der Waals surface area contributed by atoms with E-state index in [9.17, 15) is 9.59 Å². The van der Waals surface area contributed by atoms with Crippen LogP contribution in [0, 0.1) is 6.92 Å². The van der Waals surface area contributed by atoms with Crippen LogP contribution in [0.25, 0.3) is 11.4 Å². The van der Waals surface area contributed by atoms with Gasteiger partial charge >= 0.3 is 0 Å². The first-order valence-electron chi connectivity index (χ1n) is 7.61. The van der Waals surface area contributed by atoms with E-state index in [-0.39, 0.29) is 18.4 Å². The van der Waals surface area contributed by atoms with Gasteiger partial charge in [0.2, 0.25) is 5.91 Å². The molecule has 0 aliphatic carbocycles. The van der Waals surface area contributed by atoms with Crippen LogP contribution in [0.1, 0.15) is 16.1 Å². The van der Waals surface area contributed by atoms with Gasteiger partial charge in [-0.1, -0.05) is 6.07 Å². The van der Waals surface area contributed by atoms with Crippen molar-refractivity contribution in [2.24, 2.45) is 7.05 Å². The lowest BCUT2D eigenvalue weighted by Gasteiger charge is -2.03. The first kappa shape index (κ1) is 16.8. The number of carbonyl (C=O) groups is 2. The topological polar surface area (TPSA) is 88.9 Å². The van der Waals surface area contributed by atoms with Crippen LogP contribution in [-0.4, -0.2) is 32.9 Å². The van der Waals surface area contributed by atoms with Crippen molar-refractivity contribution in [1.82, 2.24) is 19.9 Å². The lowest BCUT2D eigenvalue weighted by atomic mass is 10.3. The summed E-state index contributed by atoms with van der Waals surface area (Å²) >= 11 is 1.31. The van der Waals surface area contributed by atoms with Crippen molar-refractivity contribution >= 4 is 28.3 Å². The summed E-state index contributed by atoms with van der Waals surface area (Å²) < 4.78 is 1.77. The Morgan fingerprint density at radius 2 is 2.04 bits per heavy atom. The van der Waals surface area contributed by atoms with Crippen LogP contribution in [0.15, 0.2) is 42.0 Å². The molecule has 0 aliphatic heterocycles. The van der Waals surface area contributed by atoms with Gasteiger partial charge in [-0.3, -0.25) is 14.6 Å². The lowest BCUT2D eigenvalue weighted by molar-refractivity contribution is -0.115. The Morgan fingerprint density at radius 1 is 1.20 bits per heavy atom. The minimum atomic E-state index is -0.331. The van der Waals surface area contributed by atoms with Crippen molar-refractivity contribution < 1.29 is 9.59 Å². The fourth-order valence-corrected chi connectivity index (χ4v) is 2.92. The predicted molar refractivity (Wildman–Crippen MR) is 96.5 cm³/mol. The fourth-order valence-electron chi connectivity index (χ4n) is 2.20. The maximum atomic E-state index is 12.0. The number of pyridine rings is 1. The zero-order valence-corrected chi connectivity index (χ0v) is 14.6. The molecule has 0 spiro atoms. The van der Waals surface area contributed by atoms with E-state index in [1.807, 2.05) is 37.6 Å². The molecule has 3 heterocycles. The summed E-state index contributed by atoms with van der Waals surface area (Å²) in [5.74, 6) is -0.623. The van der Waals surface area contributed by atoms with Crippen molar-refractivity contribution in [1.29, 1.82) is 0 Å². The summed E-state index contributed by atoms with van der Waals surface area (Å²) in [5.41, 5.74) is 2.88. The smallest absolute Gasteiger partial charge is 0.253 e. The van der Waals surface area contributed by atoms with Crippen molar-refractivity contribution in [3.05, 3.63) is 53.3 Å². The highest BCUT2D eigenvalue weighted by Gasteiger charge is 2.11. The number of thiazole rings is 1. The zero-order valence-electron chi connectivity index (χ0n) is 13.8. The second kappa shape index (κ2) is 7.27. The van der Waals surface area contributed by atoms with Crippen molar-refractivity contribution in [2.45, 2.75) is 6.92 Å². The SMILES string of the molecule is Cc1cccc(-c2csc(NC(=O)CNC(=O)c3ccn(C)c3)n2)n1. The van der Waals surface area contributed by atoms with Crippen LogP contribution in [0.2, 0.25) is 0 Å². The quantitative estimate of drug-likeness (QED) is 0.734. The third-order valence-electron chi connectivity index (χ3n) is 3.40. The van der Waals surface area contributed by atoms with Crippen LogP contribution in [0.3, 0.4) is 0 Å². The molecule has 0 fully saturated rings. The Balaban J connectivity index is 1.56. The molecule has 2 N–H and O–H groups in total. The van der Waals surface area contributed by atoms with Gasteiger partial charge < -0.3 is 15.2 Å². The first-order chi connectivity index (χ1) is 12.0. The van der Waals surface area contributed by atoms with Gasteiger partial charge in [0.15, 0.2) is 5.13 Å². The second-order valence-electron chi connectivity index (χ2n) is 5.50. The summed E-state index contributed by atoms with van der Waals surface area (Å²) in [6, 6.07) is 7.38. The maximum absolute atomic E-state index is 12.0. The molecule has 3 aromatic rings. The van der Waals surface area contributed by atoms with Gasteiger partial charge in [0.05, 0.1) is 17.8 Å². The Labute approximate surface area is 148 Å². The molecule has 0 saturated heterocycles. The van der Waals surface area contributed by atoms with Crippen molar-refractivity contribution in [3.8, 4) is 11.4 Å². The molecule has 25 heavy (non-hydrogen) atoms. The highest BCUT2D eigenvalue weighted by molar-refractivity contribution is 7.14. The summed E-state index contributed by atoms with van der Waals surface area (Å²) in [6.07, 6.45) is 3.46. The third-order valence-corrected chi connectivity index (χ3v) is 4.16. The summed E-state index contributed by atoms with van der Waals surface area (Å²) in [6.45, 7) is 1.79. The third kappa shape index (κ3) is 4.30. The van der Waals surface area contributed by atoms with E-state index in [1.165, 1.54) is 11.3 Å². The van der Waals surface area contributed by atoms with E-state index >= 15 is 0 Å². The number of anilines is 1. The number of hydrogen-bond donors (Lipinski definition) is 2. The number of aromatic nitrogens is 3. The van der Waals surface area contributed by atoms with Gasteiger partial charge in [-0.15, -0.1) is 11.3 Å². The number of hydrogen-bond acceptors (Lipinski definition) is 5. The highest BCUT2D eigenvalue weighted by atomic mass is 32.1. The van der Waals surface area contributed by atoms with Crippen LogP contribution in [0.5, 0.6) is 0 Å². The van der Waals surface area contributed by atoms with E-state index in [4.69, 9.17) is 0 Å². The van der Waals surface area contributed by atoms with E-state index in [1.54, 1.807) is 23.0 Å².